The van der Waals surface area contributed by atoms with Crippen molar-refractivity contribution in [2.24, 2.45) is 0 Å². The fourth-order valence-corrected chi connectivity index (χ4v) is 8.84. The summed E-state index contributed by atoms with van der Waals surface area (Å²) in [5.74, 6) is 1.83. The molecule has 0 spiro atoms. The largest absolute Gasteiger partial charge is 0.455 e. The van der Waals surface area contributed by atoms with E-state index in [9.17, 15) is 0 Å². The molecule has 0 unspecified atom stereocenters. The molecule has 11 rings (SSSR count). The van der Waals surface area contributed by atoms with E-state index in [0.29, 0.717) is 17.5 Å². The molecule has 0 saturated heterocycles. The van der Waals surface area contributed by atoms with Gasteiger partial charge in [-0.1, -0.05) is 146 Å². The van der Waals surface area contributed by atoms with Crippen molar-refractivity contribution in [1.82, 2.24) is 15.0 Å². The molecule has 5 heteroatoms. The van der Waals surface area contributed by atoms with Crippen molar-refractivity contribution in [3.05, 3.63) is 176 Å². The van der Waals surface area contributed by atoms with Gasteiger partial charge in [0.25, 0.3) is 0 Å². The zero-order chi connectivity index (χ0) is 35.6. The summed E-state index contributed by atoms with van der Waals surface area (Å²) < 4.78 is 9.34. The highest BCUT2D eigenvalue weighted by molar-refractivity contribution is 7.25. The van der Waals surface area contributed by atoms with Gasteiger partial charge in [-0.2, -0.15) is 0 Å². The van der Waals surface area contributed by atoms with Crippen molar-refractivity contribution in [1.29, 1.82) is 0 Å². The summed E-state index contributed by atoms with van der Waals surface area (Å²) in [6.07, 6.45) is 0. The molecule has 0 aliphatic rings. The van der Waals surface area contributed by atoms with Gasteiger partial charge >= 0.3 is 0 Å². The molecule has 54 heavy (non-hydrogen) atoms. The summed E-state index contributed by atoms with van der Waals surface area (Å²) in [6.45, 7) is 0. The topological polar surface area (TPSA) is 51.8 Å². The first-order chi connectivity index (χ1) is 26.7. The Morgan fingerprint density at radius 2 is 0.926 bits per heavy atom. The van der Waals surface area contributed by atoms with Crippen LogP contribution in [0.1, 0.15) is 0 Å². The zero-order valence-corrected chi connectivity index (χ0v) is 29.7. The Morgan fingerprint density at radius 3 is 1.70 bits per heavy atom. The molecule has 0 bridgehead atoms. The quantitative estimate of drug-likeness (QED) is 0.179. The van der Waals surface area contributed by atoms with Gasteiger partial charge in [0.2, 0.25) is 0 Å². The summed E-state index contributed by atoms with van der Waals surface area (Å²) in [7, 11) is 0. The fourth-order valence-electron chi connectivity index (χ4n) is 7.75. The summed E-state index contributed by atoms with van der Waals surface area (Å²) >= 11 is 1.84. The molecule has 252 valence electrons. The minimum atomic E-state index is 0.597. The highest BCUT2D eigenvalue weighted by Crippen LogP contribution is 2.44. The monoisotopic (exact) mass is 707 g/mol. The molecule has 0 atom stereocenters. The molecule has 0 radical (unpaired) electrons. The van der Waals surface area contributed by atoms with Crippen LogP contribution in [0.15, 0.2) is 180 Å². The van der Waals surface area contributed by atoms with Crippen molar-refractivity contribution >= 4 is 64.2 Å². The number of nitrogens with zero attached hydrogens (tertiary/aromatic N) is 3. The Kier molecular flexibility index (Phi) is 7.00. The van der Waals surface area contributed by atoms with Gasteiger partial charge in [-0.25, -0.2) is 15.0 Å². The SMILES string of the molecule is c1ccc(-c2ccc(-c3nc(-c4ccccc4)nc(-c4cccc5oc6c7ccccc7c(-c7ccc8sc9ccccc9c8c7)cc6c45)n3)cc2)cc1. The summed E-state index contributed by atoms with van der Waals surface area (Å²) in [5.41, 5.74) is 9.03. The van der Waals surface area contributed by atoms with Crippen LogP contribution in [0.3, 0.4) is 0 Å². The van der Waals surface area contributed by atoms with E-state index in [1.807, 2.05) is 59.9 Å². The van der Waals surface area contributed by atoms with E-state index >= 15 is 0 Å². The zero-order valence-electron chi connectivity index (χ0n) is 28.9. The number of thiophene rings is 1. The Balaban J connectivity index is 1.14. The van der Waals surface area contributed by atoms with Crippen LogP contribution in [-0.2, 0) is 0 Å². The van der Waals surface area contributed by atoms with Crippen molar-refractivity contribution in [3.63, 3.8) is 0 Å². The normalized spacial score (nSPS) is 11.7. The van der Waals surface area contributed by atoms with Gasteiger partial charge in [0, 0.05) is 53.0 Å². The predicted octanol–water partition coefficient (Wildman–Crippen LogP) is 13.6. The number of rotatable bonds is 5. The lowest BCUT2D eigenvalue weighted by Gasteiger charge is -2.11. The van der Waals surface area contributed by atoms with Gasteiger partial charge in [0.1, 0.15) is 11.2 Å². The lowest BCUT2D eigenvalue weighted by atomic mass is 9.93. The van der Waals surface area contributed by atoms with Crippen LogP contribution in [0.5, 0.6) is 0 Å². The Morgan fingerprint density at radius 1 is 0.352 bits per heavy atom. The first kappa shape index (κ1) is 30.7. The number of furan rings is 1. The first-order valence-electron chi connectivity index (χ1n) is 18.0. The van der Waals surface area contributed by atoms with Gasteiger partial charge in [-0.15, -0.1) is 11.3 Å². The van der Waals surface area contributed by atoms with Crippen molar-refractivity contribution in [2.75, 3.05) is 0 Å². The van der Waals surface area contributed by atoms with E-state index in [4.69, 9.17) is 19.4 Å². The molecule has 3 aromatic heterocycles. The molecule has 0 N–H and O–H groups in total. The standard InChI is InChI=1S/C49H29N3OS/c1-3-12-30(13-4-1)31-22-24-33(25-23-31)48-50-47(32-14-5-2-6-15-32)51-49(52-48)38-19-11-20-42-45(38)41-29-39(35-16-7-8-18-37(35)46(41)53-42)34-26-27-44-40(28-34)36-17-9-10-21-43(36)54-44/h1-29H. The van der Waals surface area contributed by atoms with Crippen LogP contribution in [0.2, 0.25) is 0 Å². The first-order valence-corrected chi connectivity index (χ1v) is 18.8. The smallest absolute Gasteiger partial charge is 0.164 e. The van der Waals surface area contributed by atoms with E-state index in [0.717, 1.165) is 60.5 Å². The van der Waals surface area contributed by atoms with Gasteiger partial charge in [0.15, 0.2) is 17.5 Å². The number of hydrogen-bond donors (Lipinski definition) is 0. The summed E-state index contributed by atoms with van der Waals surface area (Å²) in [5, 5.41) is 6.80. The molecule has 0 aliphatic carbocycles. The van der Waals surface area contributed by atoms with Crippen LogP contribution in [0.4, 0.5) is 0 Å². The molecule has 0 fully saturated rings. The van der Waals surface area contributed by atoms with E-state index < -0.39 is 0 Å². The molecule has 0 saturated carbocycles. The van der Waals surface area contributed by atoms with Gasteiger partial charge < -0.3 is 4.42 Å². The molecule has 11 aromatic rings. The molecule has 0 aliphatic heterocycles. The Hall–Kier alpha value is -6.95. The average molecular weight is 708 g/mol. The van der Waals surface area contributed by atoms with Crippen molar-refractivity contribution in [2.45, 2.75) is 0 Å². The van der Waals surface area contributed by atoms with Crippen molar-refractivity contribution in [3.8, 4) is 56.4 Å². The highest BCUT2D eigenvalue weighted by atomic mass is 32.1. The van der Waals surface area contributed by atoms with Gasteiger partial charge in [0.05, 0.1) is 0 Å². The molecule has 4 nitrogen and oxygen atoms in total. The van der Waals surface area contributed by atoms with Crippen LogP contribution in [-0.4, -0.2) is 15.0 Å². The maximum Gasteiger partial charge on any atom is 0.164 e. The molecular weight excluding hydrogens is 679 g/mol. The van der Waals surface area contributed by atoms with Crippen molar-refractivity contribution < 1.29 is 4.42 Å². The van der Waals surface area contributed by atoms with E-state index in [2.05, 4.69) is 127 Å². The number of benzene rings is 8. The molecular formula is C49H29N3OS. The Labute approximate surface area is 314 Å². The van der Waals surface area contributed by atoms with E-state index in [1.165, 1.54) is 31.3 Å². The van der Waals surface area contributed by atoms with Crippen LogP contribution in [0.25, 0.3) is 109 Å². The second-order valence-electron chi connectivity index (χ2n) is 13.6. The number of aromatic nitrogens is 3. The molecule has 8 aromatic carbocycles. The maximum absolute atomic E-state index is 6.75. The minimum absolute atomic E-state index is 0.597. The lowest BCUT2D eigenvalue weighted by molar-refractivity contribution is 0.673. The predicted molar refractivity (Wildman–Crippen MR) is 225 cm³/mol. The summed E-state index contributed by atoms with van der Waals surface area (Å²) in [6, 6.07) is 61.5. The summed E-state index contributed by atoms with van der Waals surface area (Å²) in [4.78, 5) is 15.3. The van der Waals surface area contributed by atoms with Crippen LogP contribution >= 0.6 is 11.3 Å². The number of fused-ring (bicyclic) bond motifs is 8. The third-order valence-corrected chi connectivity index (χ3v) is 11.5. The molecule has 3 heterocycles. The Bertz CT molecular complexity index is 3200. The third-order valence-electron chi connectivity index (χ3n) is 10.3. The van der Waals surface area contributed by atoms with E-state index in [-0.39, 0.29) is 0 Å². The average Bonchev–Trinajstić information content (AvgIpc) is 3.82. The van der Waals surface area contributed by atoms with Gasteiger partial charge in [-0.3, -0.25) is 0 Å². The molecule has 0 amide bonds. The van der Waals surface area contributed by atoms with Gasteiger partial charge in [-0.05, 0) is 58.0 Å². The van der Waals surface area contributed by atoms with Crippen LogP contribution in [0, 0.1) is 0 Å². The minimum Gasteiger partial charge on any atom is -0.455 e. The third kappa shape index (κ3) is 5.01. The lowest BCUT2D eigenvalue weighted by Crippen LogP contribution is -2.00. The second-order valence-corrected chi connectivity index (χ2v) is 14.6. The highest BCUT2D eigenvalue weighted by Gasteiger charge is 2.21. The fraction of sp³-hybridized carbons (Fsp3) is 0. The number of hydrogen-bond acceptors (Lipinski definition) is 5. The van der Waals surface area contributed by atoms with Crippen LogP contribution < -0.4 is 0 Å². The second kappa shape index (κ2) is 12.3. The van der Waals surface area contributed by atoms with E-state index in [1.54, 1.807) is 0 Å². The maximum atomic E-state index is 6.75.